The van der Waals surface area contributed by atoms with E-state index in [9.17, 15) is 40.5 Å². The van der Waals surface area contributed by atoms with Crippen LogP contribution < -0.4 is 9.47 Å². The van der Waals surface area contributed by atoms with Gasteiger partial charge in [-0.2, -0.15) is 0 Å². The Bertz CT molecular complexity index is 1170. The predicted octanol–water partition coefficient (Wildman–Crippen LogP) is -1.26. The van der Waals surface area contributed by atoms with Crippen LogP contribution in [0.3, 0.4) is 0 Å². The average molecular weight is 551 g/mol. The number of rotatable bonds is 7. The molecule has 7 N–H and O–H groups in total. The quantitative estimate of drug-likeness (QED) is 0.215. The van der Waals surface area contributed by atoms with Crippen molar-refractivity contribution in [3.63, 3.8) is 0 Å². The van der Waals surface area contributed by atoms with E-state index in [1.165, 1.54) is 18.2 Å². The van der Waals surface area contributed by atoms with Gasteiger partial charge in [-0.1, -0.05) is 12.1 Å². The maximum atomic E-state index is 12.5. The topological polar surface area (TPSA) is 205 Å². The van der Waals surface area contributed by atoms with Gasteiger partial charge in [0.15, 0.2) is 18.2 Å². The monoisotopic (exact) mass is 550 g/mol. The van der Waals surface area contributed by atoms with Crippen molar-refractivity contribution in [1.82, 2.24) is 0 Å². The Kier molecular flexibility index (Phi) is 7.79. The smallest absolute Gasteiger partial charge is 0.229 e. The first-order valence-electron chi connectivity index (χ1n) is 12.3. The molecule has 3 aliphatic heterocycles. The van der Waals surface area contributed by atoms with Crippen molar-refractivity contribution in [2.45, 2.75) is 61.2 Å². The number of phenols is 1. The largest absolute Gasteiger partial charge is 0.508 e. The number of aliphatic hydroxyl groups is 6. The minimum Gasteiger partial charge on any atom is -0.508 e. The fraction of sp³-hybridized carbons (Fsp3) is 0.500. The number of ketones is 1. The van der Waals surface area contributed by atoms with Gasteiger partial charge in [-0.25, -0.2) is 0 Å². The molecule has 0 amide bonds. The van der Waals surface area contributed by atoms with E-state index >= 15 is 0 Å². The molecule has 2 aromatic carbocycles. The van der Waals surface area contributed by atoms with Crippen LogP contribution in [0.15, 0.2) is 42.5 Å². The second-order valence-corrected chi connectivity index (χ2v) is 9.79. The Morgan fingerprint density at radius 1 is 1.00 bits per heavy atom. The molecule has 0 aliphatic carbocycles. The fourth-order valence-corrected chi connectivity index (χ4v) is 4.75. The van der Waals surface area contributed by atoms with Crippen molar-refractivity contribution in [3.05, 3.63) is 53.6 Å². The Morgan fingerprint density at radius 3 is 2.41 bits per heavy atom. The van der Waals surface area contributed by atoms with Gasteiger partial charge in [0, 0.05) is 6.07 Å². The number of carbonyl (C=O) groups excluding carboxylic acids is 1. The number of phenolic OH excluding ortho intramolecular Hbond substituents is 1. The first-order valence-corrected chi connectivity index (χ1v) is 12.3. The first kappa shape index (κ1) is 27.7. The molecule has 0 saturated carbocycles. The van der Waals surface area contributed by atoms with Gasteiger partial charge in [-0.05, 0) is 29.8 Å². The Labute approximate surface area is 222 Å². The molecular formula is C26H30O13. The van der Waals surface area contributed by atoms with E-state index in [0.29, 0.717) is 11.1 Å². The number of ether oxygens (including phenoxy) is 5. The molecule has 0 radical (unpaired) electrons. The van der Waals surface area contributed by atoms with Crippen LogP contribution in [-0.4, -0.2) is 110 Å². The maximum absolute atomic E-state index is 12.5. The summed E-state index contributed by atoms with van der Waals surface area (Å²) in [7, 11) is 0. The summed E-state index contributed by atoms with van der Waals surface area (Å²) in [5.74, 6) is 0.348. The van der Waals surface area contributed by atoms with E-state index in [4.69, 9.17) is 23.7 Å². The minimum atomic E-state index is -1.98. The summed E-state index contributed by atoms with van der Waals surface area (Å²) in [6, 6.07) is 10.7. The lowest BCUT2D eigenvalue weighted by Gasteiger charge is -2.42. The summed E-state index contributed by atoms with van der Waals surface area (Å²) in [4.78, 5) is 12.5. The molecule has 212 valence electrons. The zero-order valence-electron chi connectivity index (χ0n) is 20.6. The zero-order chi connectivity index (χ0) is 27.9. The Hall–Kier alpha value is -2.85. The Morgan fingerprint density at radius 2 is 1.74 bits per heavy atom. The highest BCUT2D eigenvalue weighted by Crippen LogP contribution is 2.38. The van der Waals surface area contributed by atoms with Crippen molar-refractivity contribution in [2.24, 2.45) is 0 Å². The highest BCUT2D eigenvalue weighted by molar-refractivity contribution is 6.00. The van der Waals surface area contributed by atoms with Gasteiger partial charge in [-0.3, -0.25) is 4.79 Å². The van der Waals surface area contributed by atoms with E-state index in [1.807, 2.05) is 0 Å². The van der Waals surface area contributed by atoms with E-state index in [1.54, 1.807) is 24.3 Å². The molecule has 2 fully saturated rings. The average Bonchev–Trinajstić information content (AvgIpc) is 3.21. The van der Waals surface area contributed by atoms with Crippen molar-refractivity contribution >= 4 is 5.78 Å². The zero-order valence-corrected chi connectivity index (χ0v) is 20.6. The van der Waals surface area contributed by atoms with Crippen LogP contribution in [0.1, 0.15) is 28.4 Å². The molecule has 0 aromatic heterocycles. The minimum absolute atomic E-state index is 0.0275. The second-order valence-electron chi connectivity index (χ2n) is 9.79. The predicted molar refractivity (Wildman–Crippen MR) is 128 cm³/mol. The molecule has 0 spiro atoms. The first-order chi connectivity index (χ1) is 18.6. The second kappa shape index (κ2) is 11.0. The molecule has 5 rings (SSSR count). The van der Waals surface area contributed by atoms with E-state index < -0.39 is 74.6 Å². The summed E-state index contributed by atoms with van der Waals surface area (Å²) >= 11 is 0. The maximum Gasteiger partial charge on any atom is 0.229 e. The number of Topliss-reactive ketones (excluding diaryl/α,β-unsaturated/α-hetero) is 1. The number of hydrogen-bond acceptors (Lipinski definition) is 13. The van der Waals surface area contributed by atoms with Gasteiger partial charge in [0.25, 0.3) is 0 Å². The van der Waals surface area contributed by atoms with Gasteiger partial charge >= 0.3 is 0 Å². The molecule has 2 aromatic rings. The SMILES string of the molecule is O=C1C[C@H](c2ccc(O[C@H]3O[C@@H](CO)[C@H](O)[C@@H](O)[C@@H]3O[C@H]3OC[C@@](O)(CO)[C@@H]3O)cc2)Oc2cc(O)ccc21. The summed E-state index contributed by atoms with van der Waals surface area (Å²) in [6.45, 7) is -1.88. The van der Waals surface area contributed by atoms with E-state index in [0.717, 1.165) is 0 Å². The number of fused-ring (bicyclic) bond motifs is 1. The number of aromatic hydroxyl groups is 1. The van der Waals surface area contributed by atoms with Crippen LogP contribution in [0.2, 0.25) is 0 Å². The molecule has 2 saturated heterocycles. The van der Waals surface area contributed by atoms with Crippen LogP contribution in [0.25, 0.3) is 0 Å². The fourth-order valence-electron chi connectivity index (χ4n) is 4.75. The van der Waals surface area contributed by atoms with E-state index in [2.05, 4.69) is 0 Å². The number of aliphatic hydroxyl groups excluding tert-OH is 5. The van der Waals surface area contributed by atoms with Gasteiger partial charge in [-0.15, -0.1) is 0 Å². The van der Waals surface area contributed by atoms with Gasteiger partial charge in [0.1, 0.15) is 53.4 Å². The van der Waals surface area contributed by atoms with Crippen LogP contribution in [-0.2, 0) is 14.2 Å². The lowest BCUT2D eigenvalue weighted by Crippen LogP contribution is -2.62. The summed E-state index contributed by atoms with van der Waals surface area (Å²) in [5.41, 5.74) is -0.945. The number of benzene rings is 2. The highest BCUT2D eigenvalue weighted by atomic mass is 16.8. The summed E-state index contributed by atoms with van der Waals surface area (Å²) in [6.07, 6.45) is -10.9. The molecule has 13 nitrogen and oxygen atoms in total. The third kappa shape index (κ3) is 5.33. The molecule has 9 atom stereocenters. The van der Waals surface area contributed by atoms with Crippen molar-refractivity contribution in [1.29, 1.82) is 0 Å². The molecule has 0 bridgehead atoms. The molecular weight excluding hydrogens is 520 g/mol. The normalized spacial score (nSPS) is 36.3. The lowest BCUT2D eigenvalue weighted by molar-refractivity contribution is -0.318. The van der Waals surface area contributed by atoms with Crippen LogP contribution in [0.4, 0.5) is 0 Å². The van der Waals surface area contributed by atoms with Crippen LogP contribution >= 0.6 is 0 Å². The van der Waals surface area contributed by atoms with Crippen LogP contribution in [0, 0.1) is 0 Å². The molecule has 39 heavy (non-hydrogen) atoms. The van der Waals surface area contributed by atoms with Gasteiger partial charge in [0.2, 0.25) is 6.29 Å². The molecule has 3 aliphatic rings. The standard InChI is InChI=1S/C26H30O13/c27-9-19-20(31)21(32)22(39-25-23(33)26(34,10-28)11-35-25)24(38-19)36-14-4-1-12(2-5-14)17-8-16(30)15-6-3-13(29)7-18(15)37-17/h1-7,17,19-25,27-29,31-34H,8-11H2/t17-,19+,20+,21-,22+,23-,24+,25-,26+/m1/s1. The Balaban J connectivity index is 1.31. The summed E-state index contributed by atoms with van der Waals surface area (Å²) < 4.78 is 28.3. The summed E-state index contributed by atoms with van der Waals surface area (Å²) in [5, 5.41) is 70.3. The van der Waals surface area contributed by atoms with Crippen molar-refractivity contribution in [2.75, 3.05) is 19.8 Å². The highest BCUT2D eigenvalue weighted by Gasteiger charge is 2.53. The van der Waals surface area contributed by atoms with Crippen molar-refractivity contribution in [3.8, 4) is 17.2 Å². The molecule has 3 heterocycles. The van der Waals surface area contributed by atoms with Crippen LogP contribution in [0.5, 0.6) is 17.2 Å². The molecule has 13 heteroatoms. The van der Waals surface area contributed by atoms with Crippen molar-refractivity contribution < 1.29 is 64.2 Å². The number of hydrogen-bond donors (Lipinski definition) is 7. The van der Waals surface area contributed by atoms with Gasteiger partial charge < -0.3 is 59.4 Å². The molecule has 0 unspecified atom stereocenters. The van der Waals surface area contributed by atoms with E-state index in [-0.39, 0.29) is 29.5 Å². The lowest BCUT2D eigenvalue weighted by atomic mass is 9.96. The third-order valence-electron chi connectivity index (χ3n) is 7.11. The van der Waals surface area contributed by atoms with Gasteiger partial charge in [0.05, 0.1) is 31.8 Å². The number of carbonyl (C=O) groups is 1. The third-order valence-corrected chi connectivity index (χ3v) is 7.11.